The highest BCUT2D eigenvalue weighted by Gasteiger charge is 2.09. The average Bonchev–Trinajstić information content (AvgIpc) is 2.28. The minimum atomic E-state index is -0.0131. The smallest absolute Gasteiger partial charge is 0.252 e. The Bertz CT molecular complexity index is 380. The van der Waals surface area contributed by atoms with E-state index in [2.05, 4.69) is 44.1 Å². The SMILES string of the molecule is CCCCCCNC(=O)c1ccc(Br)cc1Br. The summed E-state index contributed by atoms with van der Waals surface area (Å²) in [5.74, 6) is -0.0131. The van der Waals surface area contributed by atoms with Gasteiger partial charge in [-0.3, -0.25) is 4.79 Å². The Kier molecular flexibility index (Phi) is 6.82. The van der Waals surface area contributed by atoms with E-state index >= 15 is 0 Å². The van der Waals surface area contributed by atoms with Crippen molar-refractivity contribution in [1.82, 2.24) is 5.32 Å². The van der Waals surface area contributed by atoms with Gasteiger partial charge in [0.25, 0.3) is 5.91 Å². The molecular weight excluding hydrogens is 346 g/mol. The standard InChI is InChI=1S/C13H17Br2NO/c1-2-3-4-5-8-16-13(17)11-7-6-10(14)9-12(11)15/h6-7,9H,2-5,8H2,1H3,(H,16,17). The number of hydrogen-bond donors (Lipinski definition) is 1. The summed E-state index contributed by atoms with van der Waals surface area (Å²) < 4.78 is 1.78. The highest BCUT2D eigenvalue weighted by Crippen LogP contribution is 2.21. The first-order valence-corrected chi connectivity index (χ1v) is 7.47. The summed E-state index contributed by atoms with van der Waals surface area (Å²) >= 11 is 6.76. The number of halogens is 2. The molecule has 0 heterocycles. The molecule has 1 aromatic carbocycles. The fraction of sp³-hybridized carbons (Fsp3) is 0.462. The topological polar surface area (TPSA) is 29.1 Å². The number of unbranched alkanes of at least 4 members (excludes halogenated alkanes) is 3. The Hall–Kier alpha value is -0.350. The second-order valence-corrected chi connectivity index (χ2v) is 5.71. The van der Waals surface area contributed by atoms with Crippen LogP contribution in [0.3, 0.4) is 0 Å². The highest BCUT2D eigenvalue weighted by molar-refractivity contribution is 9.11. The lowest BCUT2D eigenvalue weighted by molar-refractivity contribution is 0.0952. The molecule has 1 N–H and O–H groups in total. The number of amides is 1. The zero-order valence-electron chi connectivity index (χ0n) is 9.93. The van der Waals surface area contributed by atoms with E-state index in [0.29, 0.717) is 5.56 Å². The number of nitrogens with one attached hydrogen (secondary N) is 1. The maximum atomic E-state index is 11.9. The lowest BCUT2D eigenvalue weighted by Gasteiger charge is -2.07. The second-order valence-electron chi connectivity index (χ2n) is 3.94. The predicted molar refractivity (Wildman–Crippen MR) is 78.3 cm³/mol. The summed E-state index contributed by atoms with van der Waals surface area (Å²) in [5.41, 5.74) is 0.684. The van der Waals surface area contributed by atoms with E-state index in [1.165, 1.54) is 19.3 Å². The van der Waals surface area contributed by atoms with Gasteiger partial charge in [-0.1, -0.05) is 42.1 Å². The summed E-state index contributed by atoms with van der Waals surface area (Å²) in [6.07, 6.45) is 4.68. The van der Waals surface area contributed by atoms with Crippen LogP contribution in [0.15, 0.2) is 27.1 Å². The van der Waals surface area contributed by atoms with Crippen molar-refractivity contribution in [2.45, 2.75) is 32.6 Å². The molecule has 0 saturated carbocycles. The molecular formula is C13H17Br2NO. The molecule has 17 heavy (non-hydrogen) atoms. The van der Waals surface area contributed by atoms with E-state index in [0.717, 1.165) is 21.9 Å². The number of rotatable bonds is 6. The van der Waals surface area contributed by atoms with Crippen LogP contribution in [0.25, 0.3) is 0 Å². The molecule has 0 fully saturated rings. The van der Waals surface area contributed by atoms with Crippen molar-refractivity contribution in [2.24, 2.45) is 0 Å². The third-order valence-corrected chi connectivity index (χ3v) is 3.64. The zero-order chi connectivity index (χ0) is 12.7. The van der Waals surface area contributed by atoms with Crippen LogP contribution < -0.4 is 5.32 Å². The van der Waals surface area contributed by atoms with Gasteiger partial charge in [-0.2, -0.15) is 0 Å². The third kappa shape index (κ3) is 5.21. The Morgan fingerprint density at radius 2 is 2.00 bits per heavy atom. The molecule has 0 bridgehead atoms. The van der Waals surface area contributed by atoms with Crippen molar-refractivity contribution in [3.05, 3.63) is 32.7 Å². The van der Waals surface area contributed by atoms with Gasteiger partial charge in [-0.15, -0.1) is 0 Å². The van der Waals surface area contributed by atoms with Gasteiger partial charge in [0.05, 0.1) is 5.56 Å². The van der Waals surface area contributed by atoms with Gasteiger partial charge in [0.2, 0.25) is 0 Å². The van der Waals surface area contributed by atoms with E-state index in [1.54, 1.807) is 0 Å². The van der Waals surface area contributed by atoms with Gasteiger partial charge in [-0.05, 0) is 40.5 Å². The molecule has 0 spiro atoms. The van der Waals surface area contributed by atoms with E-state index in [9.17, 15) is 4.79 Å². The minimum Gasteiger partial charge on any atom is -0.352 e. The average molecular weight is 363 g/mol. The van der Waals surface area contributed by atoms with Crippen LogP contribution in [-0.2, 0) is 0 Å². The van der Waals surface area contributed by atoms with Gasteiger partial charge in [0.15, 0.2) is 0 Å². The Balaban J connectivity index is 2.42. The molecule has 1 amide bonds. The van der Waals surface area contributed by atoms with Gasteiger partial charge in [0, 0.05) is 15.5 Å². The van der Waals surface area contributed by atoms with Crippen LogP contribution >= 0.6 is 31.9 Å². The van der Waals surface area contributed by atoms with Gasteiger partial charge < -0.3 is 5.32 Å². The van der Waals surface area contributed by atoms with E-state index < -0.39 is 0 Å². The highest BCUT2D eigenvalue weighted by atomic mass is 79.9. The summed E-state index contributed by atoms with van der Waals surface area (Å²) in [7, 11) is 0. The van der Waals surface area contributed by atoms with Gasteiger partial charge >= 0.3 is 0 Å². The van der Waals surface area contributed by atoms with Crippen LogP contribution in [0.4, 0.5) is 0 Å². The first kappa shape index (κ1) is 14.7. The van der Waals surface area contributed by atoms with Crippen LogP contribution in [0.1, 0.15) is 43.0 Å². The van der Waals surface area contributed by atoms with Crippen LogP contribution in [-0.4, -0.2) is 12.5 Å². The molecule has 1 rings (SSSR count). The van der Waals surface area contributed by atoms with Crippen molar-refractivity contribution in [2.75, 3.05) is 6.54 Å². The maximum Gasteiger partial charge on any atom is 0.252 e. The van der Waals surface area contributed by atoms with Crippen molar-refractivity contribution < 1.29 is 4.79 Å². The molecule has 0 radical (unpaired) electrons. The number of carbonyl (C=O) groups excluding carboxylic acids is 1. The first-order chi connectivity index (χ1) is 8.15. The molecule has 0 aliphatic rings. The second kappa shape index (κ2) is 7.88. The summed E-state index contributed by atoms with van der Waals surface area (Å²) in [4.78, 5) is 11.9. The van der Waals surface area contributed by atoms with Gasteiger partial charge in [-0.25, -0.2) is 0 Å². The maximum absolute atomic E-state index is 11.9. The number of carbonyl (C=O) groups is 1. The normalized spacial score (nSPS) is 10.3. The Labute approximate surface area is 119 Å². The molecule has 94 valence electrons. The molecule has 0 aromatic heterocycles. The number of benzene rings is 1. The summed E-state index contributed by atoms with van der Waals surface area (Å²) in [6, 6.07) is 5.57. The molecule has 0 saturated heterocycles. The fourth-order valence-electron chi connectivity index (χ4n) is 1.52. The van der Waals surface area contributed by atoms with Gasteiger partial charge in [0.1, 0.15) is 0 Å². The van der Waals surface area contributed by atoms with E-state index in [4.69, 9.17) is 0 Å². The molecule has 0 unspecified atom stereocenters. The lowest BCUT2D eigenvalue weighted by Crippen LogP contribution is -2.24. The molecule has 4 heteroatoms. The monoisotopic (exact) mass is 361 g/mol. The molecule has 0 aliphatic heterocycles. The summed E-state index contributed by atoms with van der Waals surface area (Å²) in [6.45, 7) is 2.93. The van der Waals surface area contributed by atoms with E-state index in [1.807, 2.05) is 18.2 Å². The molecule has 0 aliphatic carbocycles. The van der Waals surface area contributed by atoms with Crippen LogP contribution in [0.2, 0.25) is 0 Å². The van der Waals surface area contributed by atoms with E-state index in [-0.39, 0.29) is 5.91 Å². The fourth-order valence-corrected chi connectivity index (χ4v) is 2.75. The predicted octanol–water partition coefficient (Wildman–Crippen LogP) is 4.52. The molecule has 0 atom stereocenters. The largest absolute Gasteiger partial charge is 0.352 e. The Morgan fingerprint density at radius 1 is 1.24 bits per heavy atom. The molecule has 2 nitrogen and oxygen atoms in total. The quantitative estimate of drug-likeness (QED) is 0.740. The zero-order valence-corrected chi connectivity index (χ0v) is 13.1. The number of hydrogen-bond acceptors (Lipinski definition) is 1. The lowest BCUT2D eigenvalue weighted by atomic mass is 10.2. The third-order valence-electron chi connectivity index (χ3n) is 2.49. The first-order valence-electron chi connectivity index (χ1n) is 5.88. The van der Waals surface area contributed by atoms with Crippen molar-refractivity contribution >= 4 is 37.8 Å². The summed E-state index contributed by atoms with van der Waals surface area (Å²) in [5, 5.41) is 2.93. The van der Waals surface area contributed by atoms with Crippen molar-refractivity contribution in [3.8, 4) is 0 Å². The van der Waals surface area contributed by atoms with Crippen molar-refractivity contribution in [3.63, 3.8) is 0 Å². The van der Waals surface area contributed by atoms with Crippen LogP contribution in [0, 0.1) is 0 Å². The van der Waals surface area contributed by atoms with Crippen molar-refractivity contribution in [1.29, 1.82) is 0 Å². The molecule has 1 aromatic rings. The Morgan fingerprint density at radius 3 is 2.65 bits per heavy atom. The minimum absolute atomic E-state index is 0.0131. The van der Waals surface area contributed by atoms with Crippen LogP contribution in [0.5, 0.6) is 0 Å².